The molecular formula is C8H13N5O3. The van der Waals surface area contributed by atoms with Crippen LogP contribution >= 0.6 is 0 Å². The van der Waals surface area contributed by atoms with Crippen LogP contribution in [0.3, 0.4) is 0 Å². The molecule has 1 aromatic rings. The second kappa shape index (κ2) is 5.19. The Labute approximate surface area is 92.1 Å². The van der Waals surface area contributed by atoms with Gasteiger partial charge in [0.05, 0.1) is 4.92 Å². The second-order valence-corrected chi connectivity index (χ2v) is 3.00. The molecule has 0 radical (unpaired) electrons. The van der Waals surface area contributed by atoms with Crippen LogP contribution in [-0.2, 0) is 0 Å². The molecule has 16 heavy (non-hydrogen) atoms. The second-order valence-electron chi connectivity index (χ2n) is 3.00. The number of hydrogen-bond acceptors (Lipinski definition) is 6. The number of aryl methyl sites for hydroxylation is 1. The summed E-state index contributed by atoms with van der Waals surface area (Å²) in [5.41, 5.74) is -0.240. The first kappa shape index (κ1) is 12.1. The molecule has 1 heterocycles. The summed E-state index contributed by atoms with van der Waals surface area (Å²) in [4.78, 5) is 10.1. The molecule has 88 valence electrons. The summed E-state index contributed by atoms with van der Waals surface area (Å²) < 4.78 is 4.69. The summed E-state index contributed by atoms with van der Waals surface area (Å²) in [7, 11) is 0. The molecule has 0 saturated heterocycles. The summed E-state index contributed by atoms with van der Waals surface area (Å²) >= 11 is 0. The quantitative estimate of drug-likeness (QED) is 0.436. The van der Waals surface area contributed by atoms with E-state index in [-0.39, 0.29) is 17.3 Å². The fraction of sp³-hybridized carbons (Fsp3) is 0.625. The molecule has 0 aliphatic rings. The van der Waals surface area contributed by atoms with Crippen LogP contribution in [0.15, 0.2) is 14.9 Å². The Kier molecular flexibility index (Phi) is 3.92. The summed E-state index contributed by atoms with van der Waals surface area (Å²) in [6.45, 7) is 6.62. The minimum Gasteiger partial charge on any atom is -0.352 e. The smallest absolute Gasteiger partial charge is 0.352 e. The van der Waals surface area contributed by atoms with Crippen LogP contribution in [0.2, 0.25) is 0 Å². The van der Waals surface area contributed by atoms with Crippen LogP contribution < -0.4 is 0 Å². The standard InChI is InChI=1S/C8H13N5O3/c1-4-12(5-2)11-9-8-7(13(14)15)6(3)16-10-8/h4-5H2,1-3H3. The summed E-state index contributed by atoms with van der Waals surface area (Å²) in [5, 5.41) is 23.3. The fourth-order valence-electron chi connectivity index (χ4n) is 1.09. The van der Waals surface area contributed by atoms with Crippen molar-refractivity contribution in [3.05, 3.63) is 15.9 Å². The number of nitro groups is 1. The van der Waals surface area contributed by atoms with Gasteiger partial charge in [-0.1, -0.05) is 5.22 Å². The topological polar surface area (TPSA) is 97.1 Å². The van der Waals surface area contributed by atoms with E-state index in [0.717, 1.165) is 0 Å². The predicted molar refractivity (Wildman–Crippen MR) is 55.3 cm³/mol. The highest BCUT2D eigenvalue weighted by molar-refractivity contribution is 5.52. The van der Waals surface area contributed by atoms with Gasteiger partial charge in [-0.05, 0) is 19.0 Å². The molecule has 0 fully saturated rings. The number of aromatic nitrogens is 1. The minimum absolute atomic E-state index is 0.102. The van der Waals surface area contributed by atoms with E-state index in [1.807, 2.05) is 13.8 Å². The first-order chi connectivity index (χ1) is 7.60. The van der Waals surface area contributed by atoms with E-state index >= 15 is 0 Å². The van der Waals surface area contributed by atoms with Gasteiger partial charge >= 0.3 is 5.69 Å². The van der Waals surface area contributed by atoms with E-state index in [1.54, 1.807) is 5.01 Å². The first-order valence-electron chi connectivity index (χ1n) is 4.87. The molecule has 0 aliphatic carbocycles. The van der Waals surface area contributed by atoms with Crippen molar-refractivity contribution in [1.82, 2.24) is 10.2 Å². The average molecular weight is 227 g/mol. The fourth-order valence-corrected chi connectivity index (χ4v) is 1.09. The summed E-state index contributed by atoms with van der Waals surface area (Å²) in [6, 6.07) is 0. The van der Waals surface area contributed by atoms with E-state index in [0.29, 0.717) is 13.1 Å². The lowest BCUT2D eigenvalue weighted by Crippen LogP contribution is -2.14. The van der Waals surface area contributed by atoms with Crippen LogP contribution in [0.25, 0.3) is 0 Å². The zero-order chi connectivity index (χ0) is 12.1. The van der Waals surface area contributed by atoms with Gasteiger partial charge in [-0.2, -0.15) is 0 Å². The summed E-state index contributed by atoms with van der Waals surface area (Å²) in [6.07, 6.45) is 0. The van der Waals surface area contributed by atoms with Crippen molar-refractivity contribution in [3.63, 3.8) is 0 Å². The van der Waals surface area contributed by atoms with E-state index in [9.17, 15) is 10.1 Å². The van der Waals surface area contributed by atoms with Crippen molar-refractivity contribution in [2.45, 2.75) is 20.8 Å². The molecule has 0 aliphatic heterocycles. The van der Waals surface area contributed by atoms with Crippen molar-refractivity contribution < 1.29 is 9.45 Å². The maximum atomic E-state index is 10.7. The Morgan fingerprint density at radius 2 is 2.12 bits per heavy atom. The average Bonchev–Trinajstić information content (AvgIpc) is 2.61. The van der Waals surface area contributed by atoms with E-state index < -0.39 is 4.92 Å². The molecule has 0 bridgehead atoms. The van der Waals surface area contributed by atoms with Crippen LogP contribution in [0.1, 0.15) is 19.6 Å². The highest BCUT2D eigenvalue weighted by Crippen LogP contribution is 2.29. The van der Waals surface area contributed by atoms with Gasteiger partial charge in [0.2, 0.25) is 5.76 Å². The molecule has 1 aromatic heterocycles. The highest BCUT2D eigenvalue weighted by Gasteiger charge is 2.24. The summed E-state index contributed by atoms with van der Waals surface area (Å²) in [5.74, 6) is 0.0212. The maximum Gasteiger partial charge on any atom is 0.359 e. The Balaban J connectivity index is 2.93. The number of hydrogen-bond donors (Lipinski definition) is 0. The van der Waals surface area contributed by atoms with Gasteiger partial charge in [0.1, 0.15) is 0 Å². The lowest BCUT2D eigenvalue weighted by molar-refractivity contribution is -0.385. The van der Waals surface area contributed by atoms with E-state index in [2.05, 4.69) is 15.5 Å². The lowest BCUT2D eigenvalue weighted by Gasteiger charge is -2.10. The molecule has 0 unspecified atom stereocenters. The Bertz CT molecular complexity index is 396. The van der Waals surface area contributed by atoms with Gasteiger partial charge < -0.3 is 4.52 Å². The molecule has 0 aromatic carbocycles. The third-order valence-electron chi connectivity index (χ3n) is 1.99. The van der Waals surface area contributed by atoms with Gasteiger partial charge in [-0.3, -0.25) is 15.1 Å². The predicted octanol–water partition coefficient (Wildman–Crippen LogP) is 2.23. The van der Waals surface area contributed by atoms with E-state index in [4.69, 9.17) is 4.52 Å². The van der Waals surface area contributed by atoms with Crippen LogP contribution in [0.4, 0.5) is 11.5 Å². The molecular weight excluding hydrogens is 214 g/mol. The number of nitrogens with zero attached hydrogens (tertiary/aromatic N) is 5. The van der Waals surface area contributed by atoms with Crippen molar-refractivity contribution in [3.8, 4) is 0 Å². The molecule has 0 amide bonds. The normalized spacial score (nSPS) is 10.9. The number of rotatable bonds is 5. The van der Waals surface area contributed by atoms with Crippen LogP contribution in [0.5, 0.6) is 0 Å². The Hall–Kier alpha value is -1.99. The zero-order valence-corrected chi connectivity index (χ0v) is 9.38. The Morgan fingerprint density at radius 1 is 1.50 bits per heavy atom. The van der Waals surface area contributed by atoms with Gasteiger partial charge in [0, 0.05) is 20.0 Å². The molecule has 8 heteroatoms. The minimum atomic E-state index is -0.581. The van der Waals surface area contributed by atoms with Gasteiger partial charge in [0.15, 0.2) is 0 Å². The van der Waals surface area contributed by atoms with Crippen molar-refractivity contribution in [2.24, 2.45) is 10.3 Å². The first-order valence-corrected chi connectivity index (χ1v) is 4.87. The zero-order valence-electron chi connectivity index (χ0n) is 9.38. The SMILES string of the molecule is CCN(CC)N=Nc1noc(C)c1[N+](=O)[O-]. The Morgan fingerprint density at radius 3 is 2.62 bits per heavy atom. The maximum absolute atomic E-state index is 10.7. The third-order valence-corrected chi connectivity index (χ3v) is 1.99. The van der Waals surface area contributed by atoms with Gasteiger partial charge in [-0.25, -0.2) is 0 Å². The van der Waals surface area contributed by atoms with Gasteiger partial charge in [-0.15, -0.1) is 5.11 Å². The van der Waals surface area contributed by atoms with Crippen molar-refractivity contribution in [2.75, 3.05) is 13.1 Å². The molecule has 1 rings (SSSR count). The molecule has 8 nitrogen and oxygen atoms in total. The van der Waals surface area contributed by atoms with Crippen LogP contribution in [0, 0.1) is 17.0 Å². The molecule has 0 spiro atoms. The highest BCUT2D eigenvalue weighted by atomic mass is 16.6. The van der Waals surface area contributed by atoms with Crippen molar-refractivity contribution >= 4 is 11.5 Å². The van der Waals surface area contributed by atoms with Gasteiger partial charge in [0.25, 0.3) is 5.82 Å². The van der Waals surface area contributed by atoms with Crippen molar-refractivity contribution in [1.29, 1.82) is 0 Å². The molecule has 0 N–H and O–H groups in total. The van der Waals surface area contributed by atoms with E-state index in [1.165, 1.54) is 6.92 Å². The van der Waals surface area contributed by atoms with Crippen LogP contribution in [-0.4, -0.2) is 28.2 Å². The molecule has 0 saturated carbocycles. The monoisotopic (exact) mass is 227 g/mol. The third kappa shape index (κ3) is 2.53. The lowest BCUT2D eigenvalue weighted by atomic mass is 10.4. The largest absolute Gasteiger partial charge is 0.359 e. The molecule has 0 atom stereocenters.